The molecule has 194 valence electrons. The van der Waals surface area contributed by atoms with E-state index in [9.17, 15) is 24.6 Å². The Hall–Kier alpha value is -4.03. The number of ether oxygens (including phenoxy) is 1. The molecule has 0 spiro atoms. The fourth-order valence-corrected chi connectivity index (χ4v) is 6.04. The number of amides is 1. The zero-order valence-corrected chi connectivity index (χ0v) is 23.0. The van der Waals surface area contributed by atoms with Crippen LogP contribution < -0.4 is 9.64 Å². The number of rotatable bonds is 5. The van der Waals surface area contributed by atoms with Crippen LogP contribution in [0.5, 0.6) is 11.5 Å². The first kappa shape index (κ1) is 25.6. The average Bonchev–Trinajstić information content (AvgIpc) is 3.51. The summed E-state index contributed by atoms with van der Waals surface area (Å²) in [6.45, 7) is 4.73. The molecule has 10 nitrogen and oxygen atoms in total. The van der Waals surface area contributed by atoms with E-state index in [0.717, 1.165) is 16.2 Å². The molecule has 1 aliphatic heterocycles. The van der Waals surface area contributed by atoms with Gasteiger partial charge in [-0.1, -0.05) is 17.4 Å². The van der Waals surface area contributed by atoms with Crippen LogP contribution in [0, 0.1) is 13.8 Å². The summed E-state index contributed by atoms with van der Waals surface area (Å²) >= 11 is 4.28. The first-order chi connectivity index (χ1) is 18.0. The molecule has 4 heterocycles. The summed E-state index contributed by atoms with van der Waals surface area (Å²) in [4.78, 5) is 49.6. The zero-order chi connectivity index (χ0) is 27.5. The van der Waals surface area contributed by atoms with Crippen molar-refractivity contribution in [2.24, 2.45) is 0 Å². The molecule has 0 bridgehead atoms. The lowest BCUT2D eigenvalue weighted by Crippen LogP contribution is -2.29. The Morgan fingerprint density at radius 1 is 1.16 bits per heavy atom. The number of benzene rings is 1. The van der Waals surface area contributed by atoms with Gasteiger partial charge in [0.25, 0.3) is 5.78 Å². The van der Waals surface area contributed by atoms with Crippen LogP contribution in [-0.4, -0.2) is 49.2 Å². The number of hydrogen-bond acceptors (Lipinski definition) is 9. The van der Waals surface area contributed by atoms with E-state index in [4.69, 9.17) is 4.74 Å². The number of hydrogen-bond donors (Lipinski definition) is 2. The van der Waals surface area contributed by atoms with Gasteiger partial charge in [-0.3, -0.25) is 23.7 Å². The highest BCUT2D eigenvalue weighted by Gasteiger charge is 2.49. The van der Waals surface area contributed by atoms with Gasteiger partial charge in [0.1, 0.15) is 11.3 Å². The first-order valence-electron chi connectivity index (χ1n) is 11.3. The molecule has 3 aromatic heterocycles. The SMILES string of the molecule is COc1cc(C2/C(=C(\O)c3c(C)nc4ccccn34)C(=O)C(=O)N2c2nc(C)c(C(C)=O)s2)cc(Br)c1O. The van der Waals surface area contributed by atoms with Gasteiger partial charge < -0.3 is 14.9 Å². The van der Waals surface area contributed by atoms with Gasteiger partial charge in [-0.15, -0.1) is 0 Å². The summed E-state index contributed by atoms with van der Waals surface area (Å²) in [5.74, 6) is -2.58. The lowest BCUT2D eigenvalue weighted by atomic mass is 9.96. The molecule has 4 aromatic rings. The van der Waals surface area contributed by atoms with Crippen molar-refractivity contribution in [3.8, 4) is 11.5 Å². The molecule has 1 aliphatic rings. The number of methoxy groups -OCH3 is 1. The van der Waals surface area contributed by atoms with Crippen LogP contribution in [0.4, 0.5) is 5.13 Å². The maximum atomic E-state index is 13.6. The minimum absolute atomic E-state index is 0.0886. The molecule has 0 saturated carbocycles. The number of anilines is 1. The molecule has 1 saturated heterocycles. The van der Waals surface area contributed by atoms with Crippen LogP contribution in [0.2, 0.25) is 0 Å². The Balaban J connectivity index is 1.82. The Bertz CT molecular complexity index is 1710. The number of aliphatic hydroxyl groups is 1. The number of thiazole rings is 1. The van der Waals surface area contributed by atoms with Crippen molar-refractivity contribution in [3.05, 3.63) is 74.1 Å². The van der Waals surface area contributed by atoms with E-state index in [1.807, 2.05) is 0 Å². The number of pyridine rings is 1. The number of phenols is 1. The Morgan fingerprint density at radius 3 is 2.55 bits per heavy atom. The third-order valence-corrected chi connectivity index (χ3v) is 8.13. The molecule has 1 fully saturated rings. The van der Waals surface area contributed by atoms with Crippen molar-refractivity contribution < 1.29 is 29.3 Å². The summed E-state index contributed by atoms with van der Waals surface area (Å²) in [5.41, 5.74) is 1.84. The second kappa shape index (κ2) is 9.37. The normalized spacial score (nSPS) is 17.0. The van der Waals surface area contributed by atoms with Gasteiger partial charge >= 0.3 is 5.91 Å². The van der Waals surface area contributed by atoms with Gasteiger partial charge in [0.2, 0.25) is 0 Å². The number of carbonyl (C=O) groups is 3. The molecular weight excluding hydrogens is 576 g/mol. The molecule has 2 N–H and O–H groups in total. The molecule has 0 radical (unpaired) electrons. The van der Waals surface area contributed by atoms with Crippen LogP contribution in [0.15, 0.2) is 46.6 Å². The Morgan fingerprint density at radius 2 is 1.89 bits per heavy atom. The van der Waals surface area contributed by atoms with Crippen LogP contribution >= 0.6 is 27.3 Å². The third kappa shape index (κ3) is 3.87. The van der Waals surface area contributed by atoms with Gasteiger partial charge in [-0.2, -0.15) is 0 Å². The van der Waals surface area contributed by atoms with E-state index in [2.05, 4.69) is 25.9 Å². The number of phenolic OH excluding ortho intramolecular Hbond substituents is 1. The highest BCUT2D eigenvalue weighted by Crippen LogP contribution is 2.47. The number of nitrogens with zero attached hydrogens (tertiary/aromatic N) is 4. The summed E-state index contributed by atoms with van der Waals surface area (Å²) in [7, 11) is 1.37. The largest absolute Gasteiger partial charge is 0.505 e. The van der Waals surface area contributed by atoms with Crippen molar-refractivity contribution in [1.29, 1.82) is 0 Å². The maximum absolute atomic E-state index is 13.6. The van der Waals surface area contributed by atoms with Crippen molar-refractivity contribution in [3.63, 3.8) is 0 Å². The number of imidazole rings is 1. The minimum Gasteiger partial charge on any atom is -0.505 e. The molecule has 1 aromatic carbocycles. The molecular formula is C26H21BrN4O6S. The second-order valence-electron chi connectivity index (χ2n) is 8.66. The standard InChI is InChI=1S/C26H21BrN4O6S/c1-11-19(30-8-6-5-7-17(30)28-11)22(34)18-20(14-9-15(27)21(33)16(10-14)37-4)31(25(36)23(18)35)26-29-12(2)24(38-26)13(3)32/h5-10,20,33-34H,1-4H3/b22-18+. The van der Waals surface area contributed by atoms with E-state index < -0.39 is 23.5 Å². The summed E-state index contributed by atoms with van der Waals surface area (Å²) < 4.78 is 7.18. The Labute approximate surface area is 229 Å². The zero-order valence-electron chi connectivity index (χ0n) is 20.6. The minimum atomic E-state index is -1.15. The summed E-state index contributed by atoms with van der Waals surface area (Å²) in [6, 6.07) is 7.16. The number of aryl methyl sites for hydroxylation is 2. The molecule has 1 amide bonds. The number of aromatic nitrogens is 3. The van der Waals surface area contributed by atoms with Crippen LogP contribution in [0.1, 0.15) is 45.3 Å². The molecule has 1 unspecified atom stereocenters. The number of aromatic hydroxyl groups is 1. The molecule has 1 atom stereocenters. The smallest absolute Gasteiger partial charge is 0.301 e. The predicted molar refractivity (Wildman–Crippen MR) is 144 cm³/mol. The Kier molecular flexibility index (Phi) is 6.32. The molecule has 5 rings (SSSR count). The summed E-state index contributed by atoms with van der Waals surface area (Å²) in [5, 5.41) is 22.1. The van der Waals surface area contributed by atoms with Gasteiger partial charge in [0.05, 0.1) is 39.5 Å². The van der Waals surface area contributed by atoms with E-state index in [-0.39, 0.29) is 38.2 Å². The average molecular weight is 597 g/mol. The predicted octanol–water partition coefficient (Wildman–Crippen LogP) is 4.71. The molecule has 12 heteroatoms. The van der Waals surface area contributed by atoms with Crippen molar-refractivity contribution >= 4 is 61.3 Å². The van der Waals surface area contributed by atoms with Gasteiger partial charge in [-0.25, -0.2) is 9.97 Å². The number of carbonyl (C=O) groups excluding carboxylic acids is 3. The lowest BCUT2D eigenvalue weighted by Gasteiger charge is -2.24. The van der Waals surface area contributed by atoms with Gasteiger partial charge in [0.15, 0.2) is 28.2 Å². The number of ketones is 2. The number of fused-ring (bicyclic) bond motifs is 1. The van der Waals surface area contributed by atoms with Crippen molar-refractivity contribution in [2.45, 2.75) is 26.8 Å². The molecule has 38 heavy (non-hydrogen) atoms. The monoisotopic (exact) mass is 596 g/mol. The van der Waals surface area contributed by atoms with Crippen LogP contribution in [-0.2, 0) is 9.59 Å². The van der Waals surface area contributed by atoms with E-state index in [0.29, 0.717) is 27.5 Å². The number of halogens is 1. The summed E-state index contributed by atoms with van der Waals surface area (Å²) in [6.07, 6.45) is 1.69. The highest BCUT2D eigenvalue weighted by molar-refractivity contribution is 9.10. The van der Waals surface area contributed by atoms with Crippen molar-refractivity contribution in [1.82, 2.24) is 14.4 Å². The van der Waals surface area contributed by atoms with E-state index in [1.165, 1.54) is 26.2 Å². The maximum Gasteiger partial charge on any atom is 0.301 e. The first-order valence-corrected chi connectivity index (χ1v) is 13.0. The lowest BCUT2D eigenvalue weighted by molar-refractivity contribution is -0.132. The quantitative estimate of drug-likeness (QED) is 0.146. The van der Waals surface area contributed by atoms with Crippen LogP contribution in [0.3, 0.4) is 0 Å². The van der Waals surface area contributed by atoms with Crippen molar-refractivity contribution in [2.75, 3.05) is 12.0 Å². The third-order valence-electron chi connectivity index (χ3n) is 6.27. The fourth-order valence-electron chi connectivity index (χ4n) is 4.59. The number of Topliss-reactive ketones (excluding diaryl/α,β-unsaturated/α-hetero) is 2. The van der Waals surface area contributed by atoms with E-state index >= 15 is 0 Å². The van der Waals surface area contributed by atoms with E-state index in [1.54, 1.807) is 42.6 Å². The topological polar surface area (TPSA) is 134 Å². The van der Waals surface area contributed by atoms with Gasteiger partial charge in [-0.05, 0) is 59.6 Å². The second-order valence-corrected chi connectivity index (χ2v) is 10.5. The fraction of sp³-hybridized carbons (Fsp3) is 0.192. The molecule has 0 aliphatic carbocycles. The number of aliphatic hydroxyl groups excluding tert-OH is 1. The van der Waals surface area contributed by atoms with Crippen LogP contribution in [0.25, 0.3) is 11.4 Å². The van der Waals surface area contributed by atoms with Gasteiger partial charge in [0, 0.05) is 13.1 Å². The highest BCUT2D eigenvalue weighted by atomic mass is 79.9.